The molecule has 0 radical (unpaired) electrons. The highest BCUT2D eigenvalue weighted by molar-refractivity contribution is 5.15. The molecule has 1 aliphatic rings. The summed E-state index contributed by atoms with van der Waals surface area (Å²) in [5, 5.41) is 3.66. The van der Waals surface area contributed by atoms with Crippen molar-refractivity contribution in [1.82, 2.24) is 5.32 Å². The molecular formula is C17H27NO. The normalized spacial score (nSPS) is 16.8. The minimum Gasteiger partial charge on any atom is -0.379 e. The quantitative estimate of drug-likeness (QED) is 0.735. The lowest BCUT2D eigenvalue weighted by Crippen LogP contribution is -2.27. The Morgan fingerprint density at radius 2 is 1.95 bits per heavy atom. The van der Waals surface area contributed by atoms with E-state index in [2.05, 4.69) is 49.5 Å². The summed E-state index contributed by atoms with van der Waals surface area (Å²) in [6, 6.07) is 11.6. The van der Waals surface area contributed by atoms with Crippen molar-refractivity contribution >= 4 is 0 Å². The van der Waals surface area contributed by atoms with Gasteiger partial charge in [-0.25, -0.2) is 0 Å². The molecule has 0 aromatic heterocycles. The lowest BCUT2D eigenvalue weighted by atomic mass is 9.96. The Kier molecular flexibility index (Phi) is 5.87. The van der Waals surface area contributed by atoms with Crippen LogP contribution in [-0.2, 0) is 11.2 Å². The summed E-state index contributed by atoms with van der Waals surface area (Å²) in [4.78, 5) is 0. The van der Waals surface area contributed by atoms with Crippen LogP contribution in [0, 0.1) is 5.92 Å². The zero-order valence-corrected chi connectivity index (χ0v) is 12.3. The zero-order valence-electron chi connectivity index (χ0n) is 12.3. The van der Waals surface area contributed by atoms with Gasteiger partial charge in [0.15, 0.2) is 0 Å². The molecule has 1 unspecified atom stereocenters. The summed E-state index contributed by atoms with van der Waals surface area (Å²) >= 11 is 0. The average molecular weight is 261 g/mol. The van der Waals surface area contributed by atoms with Crippen LogP contribution in [0.5, 0.6) is 0 Å². The van der Waals surface area contributed by atoms with E-state index < -0.39 is 0 Å². The van der Waals surface area contributed by atoms with Gasteiger partial charge in [-0.1, -0.05) is 30.3 Å². The van der Waals surface area contributed by atoms with E-state index >= 15 is 0 Å². The van der Waals surface area contributed by atoms with E-state index in [4.69, 9.17) is 4.74 Å². The van der Waals surface area contributed by atoms with E-state index in [1.54, 1.807) is 0 Å². The van der Waals surface area contributed by atoms with E-state index in [-0.39, 0.29) is 0 Å². The molecule has 1 aliphatic carbocycles. The SMILES string of the molecule is CC(C)OCCC(CNC1CC1)Cc1ccccc1. The molecule has 0 aliphatic heterocycles. The second-order valence-electron chi connectivity index (χ2n) is 5.95. The fourth-order valence-corrected chi connectivity index (χ4v) is 2.31. The molecular weight excluding hydrogens is 234 g/mol. The summed E-state index contributed by atoms with van der Waals surface area (Å²) in [7, 11) is 0. The first kappa shape index (κ1) is 14.5. The van der Waals surface area contributed by atoms with E-state index in [1.807, 2.05) is 0 Å². The van der Waals surface area contributed by atoms with Crippen LogP contribution in [-0.4, -0.2) is 25.3 Å². The van der Waals surface area contributed by atoms with Crippen molar-refractivity contribution in [2.75, 3.05) is 13.2 Å². The van der Waals surface area contributed by atoms with Crippen molar-refractivity contribution in [3.05, 3.63) is 35.9 Å². The molecule has 0 saturated heterocycles. The largest absolute Gasteiger partial charge is 0.379 e. The van der Waals surface area contributed by atoms with Gasteiger partial charge in [-0.15, -0.1) is 0 Å². The van der Waals surface area contributed by atoms with Crippen molar-refractivity contribution in [1.29, 1.82) is 0 Å². The molecule has 1 saturated carbocycles. The highest BCUT2D eigenvalue weighted by Crippen LogP contribution is 2.20. The standard InChI is InChI=1S/C17H27NO/c1-14(2)19-11-10-16(13-18-17-8-9-17)12-15-6-4-3-5-7-15/h3-7,14,16-18H,8-13H2,1-2H3. The van der Waals surface area contributed by atoms with Gasteiger partial charge in [0.25, 0.3) is 0 Å². The highest BCUT2D eigenvalue weighted by atomic mass is 16.5. The molecule has 2 rings (SSSR count). The Hall–Kier alpha value is -0.860. The van der Waals surface area contributed by atoms with Crippen LogP contribution >= 0.6 is 0 Å². The number of rotatable bonds is 9. The maximum atomic E-state index is 5.70. The Morgan fingerprint density at radius 1 is 1.21 bits per heavy atom. The van der Waals surface area contributed by atoms with E-state index in [1.165, 1.54) is 18.4 Å². The number of nitrogens with one attached hydrogen (secondary N) is 1. The Morgan fingerprint density at radius 3 is 2.58 bits per heavy atom. The fourth-order valence-electron chi connectivity index (χ4n) is 2.31. The monoisotopic (exact) mass is 261 g/mol. The molecule has 2 heteroatoms. The fraction of sp³-hybridized carbons (Fsp3) is 0.647. The third-order valence-corrected chi connectivity index (χ3v) is 3.62. The number of benzene rings is 1. The molecule has 0 amide bonds. The second-order valence-corrected chi connectivity index (χ2v) is 5.95. The Balaban J connectivity index is 1.77. The van der Waals surface area contributed by atoms with Crippen molar-refractivity contribution in [3.8, 4) is 0 Å². The van der Waals surface area contributed by atoms with Gasteiger partial charge >= 0.3 is 0 Å². The molecule has 0 bridgehead atoms. The lowest BCUT2D eigenvalue weighted by molar-refractivity contribution is 0.0682. The van der Waals surface area contributed by atoms with Crippen LogP contribution < -0.4 is 5.32 Å². The summed E-state index contributed by atoms with van der Waals surface area (Å²) in [5.41, 5.74) is 1.44. The molecule has 1 aromatic rings. The minimum atomic E-state index is 0.341. The van der Waals surface area contributed by atoms with Crippen molar-refractivity contribution in [2.45, 2.75) is 51.7 Å². The van der Waals surface area contributed by atoms with Gasteiger partial charge in [-0.2, -0.15) is 0 Å². The third kappa shape index (κ3) is 6.22. The smallest absolute Gasteiger partial charge is 0.0518 e. The van der Waals surface area contributed by atoms with Crippen LogP contribution in [0.2, 0.25) is 0 Å². The van der Waals surface area contributed by atoms with Gasteiger partial charge < -0.3 is 10.1 Å². The van der Waals surface area contributed by atoms with Gasteiger partial charge in [0.05, 0.1) is 6.10 Å². The molecule has 1 N–H and O–H groups in total. The molecule has 106 valence electrons. The van der Waals surface area contributed by atoms with Crippen LogP contribution in [0.3, 0.4) is 0 Å². The Bertz CT molecular complexity index is 346. The zero-order chi connectivity index (χ0) is 13.5. The van der Waals surface area contributed by atoms with E-state index in [0.29, 0.717) is 12.0 Å². The van der Waals surface area contributed by atoms with Gasteiger partial charge in [0.2, 0.25) is 0 Å². The van der Waals surface area contributed by atoms with Crippen molar-refractivity contribution in [3.63, 3.8) is 0 Å². The number of ether oxygens (including phenoxy) is 1. The van der Waals surface area contributed by atoms with Gasteiger partial charge in [-0.05, 0) is 57.6 Å². The minimum absolute atomic E-state index is 0.341. The number of hydrogen-bond donors (Lipinski definition) is 1. The summed E-state index contributed by atoms with van der Waals surface area (Å²) in [6.07, 6.45) is 5.37. The van der Waals surface area contributed by atoms with Gasteiger partial charge in [0.1, 0.15) is 0 Å². The lowest BCUT2D eigenvalue weighted by Gasteiger charge is -2.18. The molecule has 19 heavy (non-hydrogen) atoms. The molecule has 1 aromatic carbocycles. The number of hydrogen-bond acceptors (Lipinski definition) is 2. The van der Waals surface area contributed by atoms with Gasteiger partial charge in [-0.3, -0.25) is 0 Å². The average Bonchev–Trinajstić information content (AvgIpc) is 3.20. The van der Waals surface area contributed by atoms with Crippen molar-refractivity contribution < 1.29 is 4.74 Å². The van der Waals surface area contributed by atoms with E-state index in [9.17, 15) is 0 Å². The second kappa shape index (κ2) is 7.66. The maximum Gasteiger partial charge on any atom is 0.0518 e. The van der Waals surface area contributed by atoms with Crippen LogP contribution in [0.4, 0.5) is 0 Å². The summed E-state index contributed by atoms with van der Waals surface area (Å²) in [5.74, 6) is 0.682. The Labute approximate surface area is 117 Å². The van der Waals surface area contributed by atoms with Crippen LogP contribution in [0.15, 0.2) is 30.3 Å². The predicted octanol–water partition coefficient (Wildman–Crippen LogP) is 3.41. The van der Waals surface area contributed by atoms with Crippen LogP contribution in [0.1, 0.15) is 38.7 Å². The maximum absolute atomic E-state index is 5.70. The first-order valence-electron chi connectivity index (χ1n) is 7.63. The summed E-state index contributed by atoms with van der Waals surface area (Å²) < 4.78 is 5.70. The summed E-state index contributed by atoms with van der Waals surface area (Å²) in [6.45, 7) is 6.21. The van der Waals surface area contributed by atoms with Crippen molar-refractivity contribution in [2.24, 2.45) is 5.92 Å². The molecule has 1 fully saturated rings. The topological polar surface area (TPSA) is 21.3 Å². The predicted molar refractivity (Wildman–Crippen MR) is 80.4 cm³/mol. The molecule has 0 heterocycles. The van der Waals surface area contributed by atoms with Gasteiger partial charge in [0, 0.05) is 12.6 Å². The molecule has 0 spiro atoms. The first-order chi connectivity index (χ1) is 9.24. The molecule has 1 atom stereocenters. The molecule has 2 nitrogen and oxygen atoms in total. The third-order valence-electron chi connectivity index (χ3n) is 3.62. The first-order valence-corrected chi connectivity index (χ1v) is 7.63. The van der Waals surface area contributed by atoms with E-state index in [0.717, 1.165) is 32.0 Å². The van der Waals surface area contributed by atoms with Crippen LogP contribution in [0.25, 0.3) is 0 Å². The highest BCUT2D eigenvalue weighted by Gasteiger charge is 2.22.